The van der Waals surface area contributed by atoms with E-state index in [2.05, 4.69) is 9.97 Å². The molecule has 0 radical (unpaired) electrons. The Kier molecular flexibility index (Phi) is 3.13. The largest absolute Gasteiger partial charge is 0.478 e. The SMILES string of the molecule is CN(C)c1ncc(C(=O)O)c(C(F)F)n1. The number of alkyl halides is 2. The Morgan fingerprint density at radius 3 is 2.53 bits per heavy atom. The van der Waals surface area contributed by atoms with Crippen LogP contribution in [0.3, 0.4) is 0 Å². The highest BCUT2D eigenvalue weighted by atomic mass is 19.3. The quantitative estimate of drug-likeness (QED) is 0.823. The van der Waals surface area contributed by atoms with Crippen LogP contribution in [0.5, 0.6) is 0 Å². The number of anilines is 1. The van der Waals surface area contributed by atoms with E-state index in [-0.39, 0.29) is 5.95 Å². The summed E-state index contributed by atoms with van der Waals surface area (Å²) in [5, 5.41) is 8.62. The van der Waals surface area contributed by atoms with E-state index >= 15 is 0 Å². The van der Waals surface area contributed by atoms with Crippen molar-refractivity contribution in [3.63, 3.8) is 0 Å². The first-order valence-corrected chi connectivity index (χ1v) is 3.99. The maximum Gasteiger partial charge on any atom is 0.339 e. The smallest absolute Gasteiger partial charge is 0.339 e. The number of aromatic carboxylic acids is 1. The van der Waals surface area contributed by atoms with Gasteiger partial charge in [0.25, 0.3) is 6.43 Å². The summed E-state index contributed by atoms with van der Waals surface area (Å²) in [6.45, 7) is 0. The van der Waals surface area contributed by atoms with Gasteiger partial charge < -0.3 is 10.0 Å². The number of rotatable bonds is 3. The molecule has 0 aliphatic carbocycles. The lowest BCUT2D eigenvalue weighted by molar-refractivity contribution is 0.0681. The molecule has 0 spiro atoms. The fourth-order valence-corrected chi connectivity index (χ4v) is 0.932. The number of aromatic nitrogens is 2. The van der Waals surface area contributed by atoms with Crippen LogP contribution < -0.4 is 4.90 Å². The van der Waals surface area contributed by atoms with Crippen molar-refractivity contribution in [1.29, 1.82) is 0 Å². The normalized spacial score (nSPS) is 10.5. The molecule has 1 aromatic rings. The fraction of sp³-hybridized carbons (Fsp3) is 0.375. The first-order chi connectivity index (χ1) is 6.93. The average Bonchev–Trinajstić information content (AvgIpc) is 2.16. The van der Waals surface area contributed by atoms with E-state index in [4.69, 9.17) is 5.11 Å². The molecule has 0 bridgehead atoms. The fourth-order valence-electron chi connectivity index (χ4n) is 0.932. The molecule has 82 valence electrons. The van der Waals surface area contributed by atoms with Gasteiger partial charge in [0.05, 0.1) is 0 Å². The lowest BCUT2D eigenvalue weighted by Crippen LogP contribution is -2.16. The van der Waals surface area contributed by atoms with Crippen LogP contribution in [-0.2, 0) is 0 Å². The topological polar surface area (TPSA) is 66.3 Å². The molecule has 0 fully saturated rings. The minimum atomic E-state index is -2.93. The summed E-state index contributed by atoms with van der Waals surface area (Å²) in [6.07, 6.45) is -2.05. The number of carbonyl (C=O) groups is 1. The van der Waals surface area contributed by atoms with Crippen molar-refractivity contribution in [2.24, 2.45) is 0 Å². The van der Waals surface area contributed by atoms with Crippen molar-refractivity contribution >= 4 is 11.9 Å². The van der Waals surface area contributed by atoms with E-state index in [1.54, 1.807) is 14.1 Å². The van der Waals surface area contributed by atoms with Crippen molar-refractivity contribution in [3.8, 4) is 0 Å². The number of halogens is 2. The lowest BCUT2D eigenvalue weighted by atomic mass is 10.2. The standard InChI is InChI=1S/C8H9F2N3O2/c1-13(2)8-11-3-4(7(14)15)5(12-8)6(9)10/h3,6H,1-2H3,(H,14,15). The van der Waals surface area contributed by atoms with Crippen LogP contribution in [0.25, 0.3) is 0 Å². The molecule has 1 aromatic heterocycles. The Labute approximate surface area is 84.4 Å². The molecule has 0 atom stereocenters. The number of carboxylic acid groups (broad SMARTS) is 1. The zero-order valence-electron chi connectivity index (χ0n) is 8.11. The molecule has 0 saturated carbocycles. The summed E-state index contributed by atoms with van der Waals surface area (Å²) in [5.74, 6) is -1.41. The van der Waals surface area contributed by atoms with Crippen LogP contribution in [0.4, 0.5) is 14.7 Å². The summed E-state index contributed by atoms with van der Waals surface area (Å²) in [7, 11) is 3.15. The first kappa shape index (κ1) is 11.3. The monoisotopic (exact) mass is 217 g/mol. The van der Waals surface area contributed by atoms with Crippen molar-refractivity contribution in [3.05, 3.63) is 17.5 Å². The highest BCUT2D eigenvalue weighted by molar-refractivity contribution is 5.88. The van der Waals surface area contributed by atoms with Gasteiger partial charge in [-0.3, -0.25) is 0 Å². The molecule has 0 amide bonds. The molecule has 7 heteroatoms. The van der Waals surface area contributed by atoms with Crippen molar-refractivity contribution in [2.75, 3.05) is 19.0 Å². The van der Waals surface area contributed by atoms with Gasteiger partial charge in [-0.1, -0.05) is 0 Å². The zero-order valence-corrected chi connectivity index (χ0v) is 8.11. The molecule has 1 heterocycles. The van der Waals surface area contributed by atoms with Crippen LogP contribution in [0.2, 0.25) is 0 Å². The van der Waals surface area contributed by atoms with Gasteiger partial charge in [-0.05, 0) is 0 Å². The summed E-state index contributed by atoms with van der Waals surface area (Å²) in [4.78, 5) is 19.1. The van der Waals surface area contributed by atoms with Crippen LogP contribution in [-0.4, -0.2) is 35.1 Å². The van der Waals surface area contributed by atoms with Gasteiger partial charge in [-0.2, -0.15) is 0 Å². The van der Waals surface area contributed by atoms with Gasteiger partial charge in [0.2, 0.25) is 5.95 Å². The summed E-state index contributed by atoms with van der Waals surface area (Å²) in [5.41, 5.74) is -1.34. The molecule has 0 unspecified atom stereocenters. The first-order valence-electron chi connectivity index (χ1n) is 3.99. The zero-order chi connectivity index (χ0) is 11.6. The summed E-state index contributed by atoms with van der Waals surface area (Å²) < 4.78 is 24.9. The van der Waals surface area contributed by atoms with Gasteiger partial charge in [-0.15, -0.1) is 0 Å². The van der Waals surface area contributed by atoms with Gasteiger partial charge in [0.1, 0.15) is 11.3 Å². The van der Waals surface area contributed by atoms with Gasteiger partial charge in [-0.25, -0.2) is 23.5 Å². The maximum absolute atomic E-state index is 12.5. The molecular weight excluding hydrogens is 208 g/mol. The highest BCUT2D eigenvalue weighted by Crippen LogP contribution is 2.21. The van der Waals surface area contributed by atoms with Crippen LogP contribution >= 0.6 is 0 Å². The maximum atomic E-state index is 12.5. The number of carboxylic acids is 1. The van der Waals surface area contributed by atoms with E-state index in [1.807, 2.05) is 0 Å². The van der Waals surface area contributed by atoms with Gasteiger partial charge in [0, 0.05) is 20.3 Å². The van der Waals surface area contributed by atoms with Gasteiger partial charge in [0.15, 0.2) is 0 Å². The van der Waals surface area contributed by atoms with Crippen molar-refractivity contribution < 1.29 is 18.7 Å². The number of hydrogen-bond donors (Lipinski definition) is 1. The van der Waals surface area contributed by atoms with Gasteiger partial charge >= 0.3 is 5.97 Å². The second-order valence-corrected chi connectivity index (χ2v) is 2.97. The van der Waals surface area contributed by atoms with E-state index in [9.17, 15) is 13.6 Å². The predicted octanol–water partition coefficient (Wildman–Crippen LogP) is 1.18. The van der Waals surface area contributed by atoms with E-state index < -0.39 is 23.7 Å². The summed E-state index contributed by atoms with van der Waals surface area (Å²) in [6, 6.07) is 0. The molecule has 0 saturated heterocycles. The van der Waals surface area contributed by atoms with Crippen molar-refractivity contribution in [2.45, 2.75) is 6.43 Å². The second-order valence-electron chi connectivity index (χ2n) is 2.97. The third-order valence-electron chi connectivity index (χ3n) is 1.64. The van der Waals surface area contributed by atoms with Crippen molar-refractivity contribution in [1.82, 2.24) is 9.97 Å². The Balaban J connectivity index is 3.27. The Bertz CT molecular complexity index is 382. The number of hydrogen-bond acceptors (Lipinski definition) is 4. The molecule has 0 aliphatic heterocycles. The molecule has 1 N–H and O–H groups in total. The average molecular weight is 217 g/mol. The van der Waals surface area contributed by atoms with E-state index in [1.165, 1.54) is 4.90 Å². The highest BCUT2D eigenvalue weighted by Gasteiger charge is 2.21. The van der Waals surface area contributed by atoms with E-state index in [0.717, 1.165) is 6.20 Å². The molecule has 5 nitrogen and oxygen atoms in total. The Hall–Kier alpha value is -1.79. The molecule has 0 aromatic carbocycles. The minimum Gasteiger partial charge on any atom is -0.478 e. The third-order valence-corrected chi connectivity index (χ3v) is 1.64. The van der Waals surface area contributed by atoms with E-state index in [0.29, 0.717) is 0 Å². The van der Waals surface area contributed by atoms with Crippen LogP contribution in [0.15, 0.2) is 6.20 Å². The Morgan fingerprint density at radius 1 is 1.53 bits per heavy atom. The minimum absolute atomic E-state index is 0.0512. The second kappa shape index (κ2) is 4.16. The molecule has 15 heavy (non-hydrogen) atoms. The lowest BCUT2D eigenvalue weighted by Gasteiger charge is -2.11. The summed E-state index contributed by atoms with van der Waals surface area (Å²) >= 11 is 0. The third kappa shape index (κ3) is 2.36. The van der Waals surface area contributed by atoms with Crippen LogP contribution in [0, 0.1) is 0 Å². The predicted molar refractivity (Wildman–Crippen MR) is 48.3 cm³/mol. The number of nitrogens with zero attached hydrogens (tertiary/aromatic N) is 3. The molecule has 1 rings (SSSR count). The molecule has 0 aliphatic rings. The van der Waals surface area contributed by atoms with Crippen LogP contribution in [0.1, 0.15) is 22.5 Å². The Morgan fingerprint density at radius 2 is 2.13 bits per heavy atom. The molecular formula is C8H9F2N3O2.